The van der Waals surface area contributed by atoms with Crippen LogP contribution >= 0.6 is 0 Å². The second-order valence-corrected chi connectivity index (χ2v) is 6.97. The number of amides is 1. The summed E-state index contributed by atoms with van der Waals surface area (Å²) in [6, 6.07) is 8.79. The highest BCUT2D eigenvalue weighted by molar-refractivity contribution is 7.89. The van der Waals surface area contributed by atoms with Crippen molar-refractivity contribution in [3.05, 3.63) is 48.0 Å². The Morgan fingerprint density at radius 3 is 2.34 bits per heavy atom. The van der Waals surface area contributed by atoms with Crippen molar-refractivity contribution < 1.29 is 41.0 Å². The van der Waals surface area contributed by atoms with E-state index in [2.05, 4.69) is 10.1 Å². The molecule has 156 valence electrons. The quantitative estimate of drug-likeness (QED) is 0.609. The van der Waals surface area contributed by atoms with Gasteiger partial charge in [0.05, 0.1) is 12.0 Å². The number of rotatable bonds is 8. The molecular weight excluding hydrogens is 414 g/mol. The minimum atomic E-state index is -3.88. The van der Waals surface area contributed by atoms with Crippen molar-refractivity contribution in [2.24, 2.45) is 5.14 Å². The highest BCUT2D eigenvalue weighted by Gasteiger charge is 2.22. The first-order valence-electron chi connectivity index (χ1n) is 7.83. The number of benzene rings is 2. The Balaban J connectivity index is 2.03. The zero-order valence-corrected chi connectivity index (χ0v) is 15.7. The number of halogens is 2. The van der Waals surface area contributed by atoms with E-state index >= 15 is 0 Å². The second-order valence-electron chi connectivity index (χ2n) is 5.41. The second kappa shape index (κ2) is 9.30. The van der Waals surface area contributed by atoms with Gasteiger partial charge in [0.25, 0.3) is 5.91 Å². The molecule has 2 aromatic rings. The summed E-state index contributed by atoms with van der Waals surface area (Å²) >= 11 is 0. The molecule has 0 saturated heterocycles. The summed E-state index contributed by atoms with van der Waals surface area (Å²) in [6.07, 6.45) is 0. The molecule has 29 heavy (non-hydrogen) atoms. The van der Waals surface area contributed by atoms with Crippen LogP contribution in [-0.4, -0.2) is 40.6 Å². The number of esters is 1. The van der Waals surface area contributed by atoms with Crippen molar-refractivity contribution >= 4 is 27.6 Å². The number of nitrogens with two attached hydrogens (primary N) is 1. The monoisotopic (exact) mass is 430 g/mol. The Hall–Kier alpha value is -3.25. The van der Waals surface area contributed by atoms with Gasteiger partial charge in [-0.25, -0.2) is 18.4 Å². The molecule has 1 amide bonds. The summed E-state index contributed by atoms with van der Waals surface area (Å²) in [4.78, 5) is 23.9. The van der Waals surface area contributed by atoms with Gasteiger partial charge in [0.15, 0.2) is 18.1 Å². The standard InChI is InChI=1S/C17H16F2N2O7S/c1-26-13-4-2-3-12(15(13)28-17(18)19)16(23)27-9-14(22)21-10-5-7-11(8-6-10)29(20,24)25/h2-8,17H,9H2,1H3,(H,21,22)(H2,20,24,25). The van der Waals surface area contributed by atoms with E-state index in [1.807, 2.05) is 0 Å². The smallest absolute Gasteiger partial charge is 0.387 e. The van der Waals surface area contributed by atoms with Crippen molar-refractivity contribution in [2.75, 3.05) is 19.0 Å². The maximum atomic E-state index is 12.6. The van der Waals surface area contributed by atoms with E-state index in [0.717, 1.165) is 0 Å². The van der Waals surface area contributed by atoms with Gasteiger partial charge in [0, 0.05) is 5.69 Å². The number of anilines is 1. The lowest BCUT2D eigenvalue weighted by atomic mass is 10.2. The first kappa shape index (κ1) is 22.0. The summed E-state index contributed by atoms with van der Waals surface area (Å²) in [5, 5.41) is 7.34. The molecule has 12 heteroatoms. The molecule has 9 nitrogen and oxygen atoms in total. The molecule has 0 spiro atoms. The fourth-order valence-electron chi connectivity index (χ4n) is 2.18. The molecule has 0 atom stereocenters. The molecule has 0 aliphatic carbocycles. The zero-order chi connectivity index (χ0) is 21.6. The Morgan fingerprint density at radius 1 is 1.14 bits per heavy atom. The van der Waals surface area contributed by atoms with Crippen LogP contribution in [0.25, 0.3) is 0 Å². The zero-order valence-electron chi connectivity index (χ0n) is 14.9. The number of hydrogen-bond donors (Lipinski definition) is 2. The fourth-order valence-corrected chi connectivity index (χ4v) is 2.70. The number of para-hydroxylation sites is 1. The average molecular weight is 430 g/mol. The molecule has 0 aliphatic rings. The number of primary sulfonamides is 1. The number of carbonyl (C=O) groups is 2. The predicted molar refractivity (Wildman–Crippen MR) is 96.4 cm³/mol. The fraction of sp³-hybridized carbons (Fsp3) is 0.176. The van der Waals surface area contributed by atoms with E-state index in [0.29, 0.717) is 0 Å². The van der Waals surface area contributed by atoms with Gasteiger partial charge in [-0.2, -0.15) is 8.78 Å². The summed E-state index contributed by atoms with van der Waals surface area (Å²) in [5.41, 5.74) is -0.128. The molecule has 0 aliphatic heterocycles. The molecule has 0 fully saturated rings. The lowest BCUT2D eigenvalue weighted by Gasteiger charge is -2.13. The van der Waals surface area contributed by atoms with Gasteiger partial charge in [-0.1, -0.05) is 6.07 Å². The van der Waals surface area contributed by atoms with Crippen molar-refractivity contribution in [1.29, 1.82) is 0 Å². The van der Waals surface area contributed by atoms with Crippen LogP contribution < -0.4 is 19.9 Å². The van der Waals surface area contributed by atoms with Gasteiger partial charge in [0.2, 0.25) is 10.0 Å². The largest absolute Gasteiger partial charge is 0.493 e. The van der Waals surface area contributed by atoms with E-state index in [1.54, 1.807) is 0 Å². The third-order valence-corrected chi connectivity index (χ3v) is 4.36. The third kappa shape index (κ3) is 6.12. The molecular formula is C17H16F2N2O7S. The Morgan fingerprint density at radius 2 is 1.79 bits per heavy atom. The Bertz CT molecular complexity index is 995. The number of hydrogen-bond acceptors (Lipinski definition) is 7. The van der Waals surface area contributed by atoms with Crippen LogP contribution in [0.3, 0.4) is 0 Å². The van der Waals surface area contributed by atoms with Crippen molar-refractivity contribution in [1.82, 2.24) is 0 Å². The predicted octanol–water partition coefficient (Wildman–Crippen LogP) is 1.74. The van der Waals surface area contributed by atoms with E-state index in [9.17, 15) is 26.8 Å². The van der Waals surface area contributed by atoms with Gasteiger partial charge >= 0.3 is 12.6 Å². The molecule has 0 unspecified atom stereocenters. The molecule has 3 N–H and O–H groups in total. The highest BCUT2D eigenvalue weighted by Crippen LogP contribution is 2.32. The van der Waals surface area contributed by atoms with Gasteiger partial charge in [-0.15, -0.1) is 0 Å². The van der Waals surface area contributed by atoms with Crippen LogP contribution in [0.1, 0.15) is 10.4 Å². The number of carbonyl (C=O) groups excluding carboxylic acids is 2. The summed E-state index contributed by atoms with van der Waals surface area (Å²) < 4.78 is 61.6. The number of ether oxygens (including phenoxy) is 3. The van der Waals surface area contributed by atoms with Crippen molar-refractivity contribution in [3.63, 3.8) is 0 Å². The van der Waals surface area contributed by atoms with Crippen molar-refractivity contribution in [3.8, 4) is 11.5 Å². The van der Waals surface area contributed by atoms with Gasteiger partial charge < -0.3 is 19.5 Å². The van der Waals surface area contributed by atoms with Crippen LogP contribution in [0.2, 0.25) is 0 Å². The summed E-state index contributed by atoms with van der Waals surface area (Å²) in [6.45, 7) is -3.94. The van der Waals surface area contributed by atoms with Crippen LogP contribution in [0, 0.1) is 0 Å². The molecule has 0 bridgehead atoms. The Kier molecular flexibility index (Phi) is 7.07. The first-order chi connectivity index (χ1) is 13.6. The highest BCUT2D eigenvalue weighted by atomic mass is 32.2. The van der Waals surface area contributed by atoms with Crippen LogP contribution in [-0.2, 0) is 19.6 Å². The van der Waals surface area contributed by atoms with Gasteiger partial charge in [-0.3, -0.25) is 4.79 Å². The minimum absolute atomic E-state index is 0.112. The topological polar surface area (TPSA) is 134 Å². The first-order valence-corrected chi connectivity index (χ1v) is 9.38. The lowest BCUT2D eigenvalue weighted by molar-refractivity contribution is -0.119. The molecule has 0 heterocycles. The normalized spacial score (nSPS) is 11.1. The molecule has 0 aromatic heterocycles. The lowest BCUT2D eigenvalue weighted by Crippen LogP contribution is -2.21. The molecule has 2 rings (SSSR count). The number of methoxy groups -OCH3 is 1. The van der Waals surface area contributed by atoms with E-state index in [4.69, 9.17) is 14.6 Å². The summed E-state index contributed by atoms with van der Waals surface area (Å²) in [7, 11) is -2.67. The summed E-state index contributed by atoms with van der Waals surface area (Å²) in [5.74, 6) is -2.46. The molecule has 0 radical (unpaired) electrons. The van der Waals surface area contributed by atoms with Crippen LogP contribution in [0.4, 0.5) is 14.5 Å². The maximum absolute atomic E-state index is 12.6. The Labute approximate surface area is 164 Å². The third-order valence-electron chi connectivity index (χ3n) is 3.43. The SMILES string of the molecule is COc1cccc(C(=O)OCC(=O)Nc2ccc(S(N)(=O)=O)cc2)c1OC(F)F. The number of nitrogens with one attached hydrogen (secondary N) is 1. The molecule has 2 aromatic carbocycles. The minimum Gasteiger partial charge on any atom is -0.493 e. The van der Waals surface area contributed by atoms with Gasteiger partial charge in [0.1, 0.15) is 5.56 Å². The van der Waals surface area contributed by atoms with E-state index in [1.165, 1.54) is 49.6 Å². The van der Waals surface area contributed by atoms with Crippen LogP contribution in [0.15, 0.2) is 47.4 Å². The maximum Gasteiger partial charge on any atom is 0.387 e. The van der Waals surface area contributed by atoms with E-state index in [-0.39, 0.29) is 21.9 Å². The average Bonchev–Trinajstić information content (AvgIpc) is 2.65. The van der Waals surface area contributed by atoms with E-state index < -0.39 is 40.9 Å². The van der Waals surface area contributed by atoms with Crippen molar-refractivity contribution in [2.45, 2.75) is 11.5 Å². The van der Waals surface area contributed by atoms with Crippen LogP contribution in [0.5, 0.6) is 11.5 Å². The van der Waals surface area contributed by atoms with Gasteiger partial charge in [-0.05, 0) is 36.4 Å². The molecule has 0 saturated carbocycles. The number of alkyl halides is 2. The number of sulfonamides is 1.